The monoisotopic (exact) mass is 493 g/mol. The standard InChI is InChI=1S/C28H35N3O5/c1-17(2)27(33)30-20-10-13-24-22(14-20)28(34)31(4)23-12-11-21(36-25(23)16-35-24)15-26(32)29-18(3)19-8-6-5-7-9-19/h5-10,13-14,17-18,21,23,25H,11-12,15-16H2,1-4H3,(H,29,32)(H,30,33)/t18-,21-,23+,25-/m1/s1. The number of anilines is 1. The zero-order chi connectivity index (χ0) is 25.8. The molecule has 192 valence electrons. The van der Waals surface area contributed by atoms with Gasteiger partial charge in [0.15, 0.2) is 0 Å². The zero-order valence-corrected chi connectivity index (χ0v) is 21.3. The number of carbonyl (C=O) groups excluding carboxylic acids is 3. The fourth-order valence-corrected chi connectivity index (χ4v) is 4.72. The average molecular weight is 494 g/mol. The maximum Gasteiger partial charge on any atom is 0.257 e. The van der Waals surface area contributed by atoms with E-state index in [2.05, 4.69) is 10.6 Å². The van der Waals surface area contributed by atoms with Crippen LogP contribution in [0.4, 0.5) is 5.69 Å². The van der Waals surface area contributed by atoms with Gasteiger partial charge in [-0.05, 0) is 43.5 Å². The first-order chi connectivity index (χ1) is 17.2. The van der Waals surface area contributed by atoms with E-state index < -0.39 is 0 Å². The normalized spacial score (nSPS) is 22.4. The van der Waals surface area contributed by atoms with Gasteiger partial charge in [-0.3, -0.25) is 14.4 Å². The largest absolute Gasteiger partial charge is 0.490 e. The molecule has 1 fully saturated rings. The summed E-state index contributed by atoms with van der Waals surface area (Å²) in [5.41, 5.74) is 2.02. The Kier molecular flexibility index (Phi) is 7.94. The van der Waals surface area contributed by atoms with Crippen LogP contribution in [-0.2, 0) is 14.3 Å². The molecule has 0 spiro atoms. The van der Waals surface area contributed by atoms with Gasteiger partial charge in [-0.15, -0.1) is 0 Å². The Morgan fingerprint density at radius 1 is 1.08 bits per heavy atom. The summed E-state index contributed by atoms with van der Waals surface area (Å²) in [4.78, 5) is 39.8. The molecule has 0 bridgehead atoms. The van der Waals surface area contributed by atoms with Crippen molar-refractivity contribution in [1.29, 1.82) is 0 Å². The molecule has 0 aromatic heterocycles. The lowest BCUT2D eigenvalue weighted by Gasteiger charge is -2.42. The Balaban J connectivity index is 1.40. The Morgan fingerprint density at radius 2 is 1.83 bits per heavy atom. The fourth-order valence-electron chi connectivity index (χ4n) is 4.72. The van der Waals surface area contributed by atoms with E-state index in [9.17, 15) is 14.4 Å². The van der Waals surface area contributed by atoms with Crippen LogP contribution in [0.1, 0.15) is 62.0 Å². The first kappa shape index (κ1) is 25.7. The van der Waals surface area contributed by atoms with Gasteiger partial charge in [-0.25, -0.2) is 0 Å². The highest BCUT2D eigenvalue weighted by molar-refractivity contribution is 6.00. The molecule has 8 nitrogen and oxygen atoms in total. The summed E-state index contributed by atoms with van der Waals surface area (Å²) >= 11 is 0. The van der Waals surface area contributed by atoms with E-state index in [1.165, 1.54) is 0 Å². The van der Waals surface area contributed by atoms with Gasteiger partial charge in [0.25, 0.3) is 5.91 Å². The molecule has 0 saturated carbocycles. The summed E-state index contributed by atoms with van der Waals surface area (Å²) in [6.45, 7) is 5.86. The molecule has 2 aliphatic heterocycles. The fraction of sp³-hybridized carbons (Fsp3) is 0.464. The number of amides is 3. The number of nitrogens with one attached hydrogen (secondary N) is 2. The number of nitrogens with zero attached hydrogens (tertiary/aromatic N) is 1. The second kappa shape index (κ2) is 11.1. The Hall–Kier alpha value is -3.39. The van der Waals surface area contributed by atoms with Crippen molar-refractivity contribution in [1.82, 2.24) is 10.2 Å². The van der Waals surface area contributed by atoms with Crippen LogP contribution in [0, 0.1) is 5.92 Å². The molecule has 2 aliphatic rings. The maximum atomic E-state index is 13.3. The Bertz CT molecular complexity index is 1100. The van der Waals surface area contributed by atoms with Gasteiger partial charge in [-0.1, -0.05) is 44.2 Å². The van der Waals surface area contributed by atoms with Crippen molar-refractivity contribution in [3.63, 3.8) is 0 Å². The number of hydrogen-bond acceptors (Lipinski definition) is 5. The molecule has 8 heteroatoms. The van der Waals surface area contributed by atoms with Crippen molar-refractivity contribution >= 4 is 23.4 Å². The van der Waals surface area contributed by atoms with Crippen molar-refractivity contribution in [2.75, 3.05) is 19.0 Å². The first-order valence-electron chi connectivity index (χ1n) is 12.6. The Morgan fingerprint density at radius 3 is 2.56 bits per heavy atom. The van der Waals surface area contributed by atoms with Crippen LogP contribution < -0.4 is 15.4 Å². The van der Waals surface area contributed by atoms with E-state index in [1.807, 2.05) is 51.1 Å². The summed E-state index contributed by atoms with van der Waals surface area (Å²) < 4.78 is 12.3. The third-order valence-corrected chi connectivity index (χ3v) is 6.89. The van der Waals surface area contributed by atoms with Crippen molar-refractivity contribution in [2.24, 2.45) is 5.92 Å². The van der Waals surface area contributed by atoms with Crippen molar-refractivity contribution in [3.8, 4) is 5.75 Å². The van der Waals surface area contributed by atoms with Gasteiger partial charge >= 0.3 is 0 Å². The van der Waals surface area contributed by atoms with Gasteiger partial charge < -0.3 is 25.0 Å². The van der Waals surface area contributed by atoms with Crippen LogP contribution in [0.5, 0.6) is 5.75 Å². The molecule has 4 atom stereocenters. The summed E-state index contributed by atoms with van der Waals surface area (Å²) in [7, 11) is 1.77. The molecular weight excluding hydrogens is 458 g/mol. The molecule has 3 amide bonds. The lowest BCUT2D eigenvalue weighted by atomic mass is 9.94. The van der Waals surface area contributed by atoms with Crippen LogP contribution >= 0.6 is 0 Å². The number of carbonyl (C=O) groups is 3. The number of fused-ring (bicyclic) bond motifs is 2. The highest BCUT2D eigenvalue weighted by atomic mass is 16.5. The zero-order valence-electron chi connectivity index (χ0n) is 21.3. The van der Waals surface area contributed by atoms with Gasteiger partial charge in [0.1, 0.15) is 18.5 Å². The SMILES string of the molecule is CC(C)C(=O)Nc1ccc2c(c1)C(=O)N(C)[C@H]1CC[C@H](CC(=O)N[C@H](C)c3ccccc3)O[C@@H]1CO2. The highest BCUT2D eigenvalue weighted by Gasteiger charge is 2.39. The molecule has 2 heterocycles. The van der Waals surface area contributed by atoms with Crippen LogP contribution in [0.2, 0.25) is 0 Å². The van der Waals surface area contributed by atoms with Crippen LogP contribution in [-0.4, -0.2) is 54.5 Å². The van der Waals surface area contributed by atoms with E-state index in [0.29, 0.717) is 29.8 Å². The average Bonchev–Trinajstić information content (AvgIpc) is 2.86. The van der Waals surface area contributed by atoms with Gasteiger partial charge in [0, 0.05) is 18.7 Å². The van der Waals surface area contributed by atoms with Gasteiger partial charge in [0.2, 0.25) is 11.8 Å². The minimum Gasteiger partial charge on any atom is -0.490 e. The molecule has 2 aromatic carbocycles. The van der Waals surface area contributed by atoms with Gasteiger partial charge in [-0.2, -0.15) is 0 Å². The Labute approximate surface area is 212 Å². The van der Waals surface area contributed by atoms with Gasteiger partial charge in [0.05, 0.1) is 30.2 Å². The number of benzene rings is 2. The second-order valence-electron chi connectivity index (χ2n) is 9.93. The van der Waals surface area contributed by atoms with Crippen LogP contribution in [0.15, 0.2) is 48.5 Å². The predicted molar refractivity (Wildman–Crippen MR) is 137 cm³/mol. The van der Waals surface area contributed by atoms with E-state index in [1.54, 1.807) is 30.1 Å². The van der Waals surface area contributed by atoms with Crippen LogP contribution in [0.25, 0.3) is 0 Å². The third kappa shape index (κ3) is 5.87. The number of likely N-dealkylation sites (N-methyl/N-ethyl adjacent to an activating group) is 1. The first-order valence-corrected chi connectivity index (χ1v) is 12.6. The minimum absolute atomic E-state index is 0.0627. The summed E-state index contributed by atoms with van der Waals surface area (Å²) in [5.74, 6) is -0.0769. The van der Waals surface area contributed by atoms with Crippen molar-refractivity contribution in [2.45, 2.75) is 64.3 Å². The molecule has 2 N–H and O–H groups in total. The summed E-state index contributed by atoms with van der Waals surface area (Å²) in [5, 5.41) is 5.89. The molecule has 0 unspecified atom stereocenters. The number of ether oxygens (including phenoxy) is 2. The smallest absolute Gasteiger partial charge is 0.257 e. The van der Waals surface area contributed by atoms with E-state index in [-0.39, 0.29) is 61.0 Å². The van der Waals surface area contributed by atoms with E-state index >= 15 is 0 Å². The lowest BCUT2D eigenvalue weighted by molar-refractivity contribution is -0.134. The summed E-state index contributed by atoms with van der Waals surface area (Å²) in [6.07, 6.45) is 1.05. The van der Waals surface area contributed by atoms with Crippen molar-refractivity contribution in [3.05, 3.63) is 59.7 Å². The van der Waals surface area contributed by atoms with Crippen LogP contribution in [0.3, 0.4) is 0 Å². The number of rotatable bonds is 6. The molecule has 4 rings (SSSR count). The van der Waals surface area contributed by atoms with E-state index in [0.717, 1.165) is 5.56 Å². The van der Waals surface area contributed by atoms with E-state index in [4.69, 9.17) is 9.47 Å². The molecule has 1 saturated heterocycles. The lowest BCUT2D eigenvalue weighted by Crippen LogP contribution is -2.54. The quantitative estimate of drug-likeness (QED) is 0.636. The highest BCUT2D eigenvalue weighted by Crippen LogP contribution is 2.32. The molecule has 2 aromatic rings. The predicted octanol–water partition coefficient (Wildman–Crippen LogP) is 3.93. The molecule has 36 heavy (non-hydrogen) atoms. The molecular formula is C28H35N3O5. The third-order valence-electron chi connectivity index (χ3n) is 6.89. The van der Waals surface area contributed by atoms with Crippen molar-refractivity contribution < 1.29 is 23.9 Å². The summed E-state index contributed by atoms with van der Waals surface area (Å²) in [6, 6.07) is 14.7. The topological polar surface area (TPSA) is 97.0 Å². The number of hydrogen-bond donors (Lipinski definition) is 2. The second-order valence-corrected chi connectivity index (χ2v) is 9.93. The maximum absolute atomic E-state index is 13.3. The minimum atomic E-state index is -0.342. The molecule has 0 radical (unpaired) electrons. The molecule has 0 aliphatic carbocycles.